The van der Waals surface area contributed by atoms with Gasteiger partial charge in [-0.1, -0.05) is 56.0 Å². The summed E-state index contributed by atoms with van der Waals surface area (Å²) in [7, 11) is 0. The first-order chi connectivity index (χ1) is 8.49. The molecule has 1 atom stereocenters. The highest BCUT2D eigenvalue weighted by atomic mass is 35.5. The zero-order chi connectivity index (χ0) is 13.7. The molecule has 0 spiro atoms. The Morgan fingerprint density at radius 3 is 2.39 bits per heavy atom. The monoisotopic (exact) mass is 288 g/mol. The number of hydrogen-bond donors (Lipinski definition) is 1. The van der Waals surface area contributed by atoms with E-state index < -0.39 is 6.10 Å². The van der Waals surface area contributed by atoms with E-state index in [-0.39, 0.29) is 18.1 Å². The SMILES string of the molecule is CCC(CC)C(O)C(=O)Cc1ccc(Cl)cc1Cl. The number of Topliss-reactive ketones (excluding diaryl/α,β-unsaturated/α-hetero) is 1. The van der Waals surface area contributed by atoms with Crippen molar-refractivity contribution in [3.8, 4) is 0 Å². The Morgan fingerprint density at radius 2 is 1.89 bits per heavy atom. The lowest BCUT2D eigenvalue weighted by molar-refractivity contribution is -0.129. The zero-order valence-corrected chi connectivity index (χ0v) is 12.1. The Morgan fingerprint density at radius 1 is 1.28 bits per heavy atom. The van der Waals surface area contributed by atoms with Gasteiger partial charge in [-0.15, -0.1) is 0 Å². The van der Waals surface area contributed by atoms with Crippen molar-refractivity contribution >= 4 is 29.0 Å². The average Bonchev–Trinajstić information content (AvgIpc) is 2.34. The molecule has 1 unspecified atom stereocenters. The molecule has 18 heavy (non-hydrogen) atoms. The summed E-state index contributed by atoms with van der Waals surface area (Å²) in [6.07, 6.45) is 0.815. The molecule has 0 fully saturated rings. The molecule has 0 heterocycles. The number of hydrogen-bond acceptors (Lipinski definition) is 2. The van der Waals surface area contributed by atoms with E-state index in [1.807, 2.05) is 13.8 Å². The summed E-state index contributed by atoms with van der Waals surface area (Å²) in [6, 6.07) is 5.02. The van der Waals surface area contributed by atoms with Gasteiger partial charge in [-0.25, -0.2) is 0 Å². The standard InChI is InChI=1S/C14H18Cl2O2/c1-3-9(4-2)14(18)13(17)7-10-5-6-11(15)8-12(10)16/h5-6,8-9,14,18H,3-4,7H2,1-2H3. The fourth-order valence-corrected chi connectivity index (χ4v) is 2.43. The van der Waals surface area contributed by atoms with Gasteiger partial charge in [0.05, 0.1) is 0 Å². The van der Waals surface area contributed by atoms with Crippen molar-refractivity contribution in [2.24, 2.45) is 5.92 Å². The highest BCUT2D eigenvalue weighted by Crippen LogP contribution is 2.23. The molecule has 0 saturated heterocycles. The molecule has 0 bridgehead atoms. The van der Waals surface area contributed by atoms with Crippen LogP contribution in [0.15, 0.2) is 18.2 Å². The second kappa shape index (κ2) is 7.13. The van der Waals surface area contributed by atoms with Crippen molar-refractivity contribution < 1.29 is 9.90 Å². The first kappa shape index (κ1) is 15.5. The molecule has 0 aromatic heterocycles. The summed E-state index contributed by atoms with van der Waals surface area (Å²) >= 11 is 11.8. The maximum Gasteiger partial charge on any atom is 0.165 e. The number of aliphatic hydroxyl groups excluding tert-OH is 1. The lowest BCUT2D eigenvalue weighted by Gasteiger charge is -2.19. The van der Waals surface area contributed by atoms with Crippen LogP contribution in [-0.4, -0.2) is 17.0 Å². The van der Waals surface area contributed by atoms with Crippen LogP contribution in [-0.2, 0) is 11.2 Å². The van der Waals surface area contributed by atoms with E-state index >= 15 is 0 Å². The van der Waals surface area contributed by atoms with Gasteiger partial charge in [-0.3, -0.25) is 4.79 Å². The Hall–Kier alpha value is -0.570. The fraction of sp³-hybridized carbons (Fsp3) is 0.500. The van der Waals surface area contributed by atoms with Gasteiger partial charge in [0.2, 0.25) is 0 Å². The second-order valence-electron chi connectivity index (χ2n) is 4.40. The zero-order valence-electron chi connectivity index (χ0n) is 10.6. The summed E-state index contributed by atoms with van der Waals surface area (Å²) in [6.45, 7) is 3.94. The third kappa shape index (κ3) is 3.98. The van der Waals surface area contributed by atoms with Gasteiger partial charge < -0.3 is 5.11 Å². The Bertz CT molecular complexity index is 414. The number of carbonyl (C=O) groups excluding carboxylic acids is 1. The summed E-state index contributed by atoms with van der Waals surface area (Å²) < 4.78 is 0. The number of carbonyl (C=O) groups is 1. The van der Waals surface area contributed by atoms with Crippen LogP contribution in [0.4, 0.5) is 0 Å². The smallest absolute Gasteiger partial charge is 0.165 e. The van der Waals surface area contributed by atoms with Crippen molar-refractivity contribution in [2.75, 3.05) is 0 Å². The lowest BCUT2D eigenvalue weighted by Crippen LogP contribution is -2.30. The van der Waals surface area contributed by atoms with Crippen LogP contribution in [0.5, 0.6) is 0 Å². The molecule has 0 radical (unpaired) electrons. The number of halogens is 2. The summed E-state index contributed by atoms with van der Waals surface area (Å²) in [4.78, 5) is 12.0. The first-order valence-corrected chi connectivity index (χ1v) is 6.89. The average molecular weight is 289 g/mol. The molecule has 0 saturated carbocycles. The lowest BCUT2D eigenvalue weighted by atomic mass is 9.91. The quantitative estimate of drug-likeness (QED) is 0.862. The molecule has 2 nitrogen and oxygen atoms in total. The van der Waals surface area contributed by atoms with Gasteiger partial charge in [0, 0.05) is 16.5 Å². The van der Waals surface area contributed by atoms with Gasteiger partial charge >= 0.3 is 0 Å². The van der Waals surface area contributed by atoms with E-state index in [0.29, 0.717) is 15.6 Å². The molecule has 1 aromatic rings. The molecule has 0 amide bonds. The van der Waals surface area contributed by atoms with Crippen molar-refractivity contribution in [3.05, 3.63) is 33.8 Å². The molecular formula is C14H18Cl2O2. The normalized spacial score (nSPS) is 12.8. The maximum absolute atomic E-state index is 12.0. The number of ketones is 1. The topological polar surface area (TPSA) is 37.3 Å². The molecule has 0 aliphatic rings. The van der Waals surface area contributed by atoms with Crippen LogP contribution in [0.2, 0.25) is 10.0 Å². The summed E-state index contributed by atoms with van der Waals surface area (Å²) in [5.41, 5.74) is 0.705. The van der Waals surface area contributed by atoms with Crippen molar-refractivity contribution in [2.45, 2.75) is 39.2 Å². The van der Waals surface area contributed by atoms with Crippen molar-refractivity contribution in [3.63, 3.8) is 0 Å². The maximum atomic E-state index is 12.0. The number of rotatable bonds is 6. The first-order valence-electron chi connectivity index (χ1n) is 6.14. The third-order valence-corrected chi connectivity index (χ3v) is 3.79. The molecule has 0 aliphatic carbocycles. The van der Waals surface area contributed by atoms with Crippen LogP contribution in [0, 0.1) is 5.92 Å². The minimum Gasteiger partial charge on any atom is -0.385 e. The molecule has 4 heteroatoms. The van der Waals surface area contributed by atoms with E-state index in [4.69, 9.17) is 23.2 Å². The molecule has 1 aromatic carbocycles. The highest BCUT2D eigenvalue weighted by molar-refractivity contribution is 6.35. The Labute approximate surface area is 118 Å². The Balaban J connectivity index is 2.75. The summed E-state index contributed by atoms with van der Waals surface area (Å²) in [5.74, 6) is -0.170. The van der Waals surface area contributed by atoms with E-state index in [1.165, 1.54) is 0 Å². The molecule has 100 valence electrons. The van der Waals surface area contributed by atoms with Gasteiger partial charge in [-0.05, 0) is 23.6 Å². The summed E-state index contributed by atoms with van der Waals surface area (Å²) in [5, 5.41) is 11.0. The van der Waals surface area contributed by atoms with Gasteiger partial charge in [-0.2, -0.15) is 0 Å². The van der Waals surface area contributed by atoms with Gasteiger partial charge in [0.25, 0.3) is 0 Å². The second-order valence-corrected chi connectivity index (χ2v) is 5.24. The Kier molecular flexibility index (Phi) is 6.13. The minimum absolute atomic E-state index is 0.0172. The van der Waals surface area contributed by atoms with E-state index in [0.717, 1.165) is 12.8 Å². The van der Waals surface area contributed by atoms with Crippen LogP contribution in [0.3, 0.4) is 0 Å². The van der Waals surface area contributed by atoms with Crippen molar-refractivity contribution in [1.82, 2.24) is 0 Å². The highest BCUT2D eigenvalue weighted by Gasteiger charge is 2.23. The predicted molar refractivity (Wildman–Crippen MR) is 75.3 cm³/mol. The predicted octanol–water partition coefficient (Wildman–Crippen LogP) is 3.90. The fourth-order valence-electron chi connectivity index (χ4n) is 1.96. The molecule has 1 N–H and O–H groups in total. The van der Waals surface area contributed by atoms with Crippen LogP contribution in [0.25, 0.3) is 0 Å². The molecule has 1 rings (SSSR count). The number of benzene rings is 1. The van der Waals surface area contributed by atoms with Gasteiger partial charge in [0.1, 0.15) is 6.10 Å². The third-order valence-electron chi connectivity index (χ3n) is 3.20. The van der Waals surface area contributed by atoms with Crippen LogP contribution < -0.4 is 0 Å². The van der Waals surface area contributed by atoms with Crippen LogP contribution >= 0.6 is 23.2 Å². The van der Waals surface area contributed by atoms with E-state index in [2.05, 4.69) is 0 Å². The van der Waals surface area contributed by atoms with Crippen LogP contribution in [0.1, 0.15) is 32.3 Å². The molecular weight excluding hydrogens is 271 g/mol. The van der Waals surface area contributed by atoms with E-state index in [9.17, 15) is 9.90 Å². The minimum atomic E-state index is -0.910. The largest absolute Gasteiger partial charge is 0.385 e. The van der Waals surface area contributed by atoms with Crippen molar-refractivity contribution in [1.29, 1.82) is 0 Å². The van der Waals surface area contributed by atoms with E-state index in [1.54, 1.807) is 18.2 Å². The molecule has 0 aliphatic heterocycles. The number of aliphatic hydroxyl groups is 1. The van der Waals surface area contributed by atoms with Gasteiger partial charge in [0.15, 0.2) is 5.78 Å².